The van der Waals surface area contributed by atoms with Crippen molar-refractivity contribution in [2.24, 2.45) is 5.41 Å². The highest BCUT2D eigenvalue weighted by Crippen LogP contribution is 2.36. The number of hydrogen-bond acceptors (Lipinski definition) is 4. The normalized spacial score (nSPS) is 23.3. The van der Waals surface area contributed by atoms with Gasteiger partial charge in [0.25, 0.3) is 0 Å². The molecule has 0 radical (unpaired) electrons. The molecule has 5 heteroatoms. The Morgan fingerprint density at radius 2 is 2.39 bits per heavy atom. The molecule has 1 aromatic heterocycles. The Morgan fingerprint density at radius 3 is 2.89 bits per heavy atom. The van der Waals surface area contributed by atoms with E-state index in [-0.39, 0.29) is 11.2 Å². The Morgan fingerprint density at radius 1 is 1.61 bits per heavy atom. The van der Waals surface area contributed by atoms with Crippen molar-refractivity contribution in [1.82, 2.24) is 15.1 Å². The second-order valence-electron chi connectivity index (χ2n) is 4.77. The molecule has 0 bridgehead atoms. The lowest BCUT2D eigenvalue weighted by molar-refractivity contribution is 0.0795. The number of methoxy groups -OCH3 is 1. The van der Waals surface area contributed by atoms with Crippen LogP contribution in [-0.2, 0) is 6.54 Å². The second kappa shape index (κ2) is 5.10. The summed E-state index contributed by atoms with van der Waals surface area (Å²) >= 11 is 0. The third kappa shape index (κ3) is 1.92. The first-order chi connectivity index (χ1) is 8.68. The van der Waals surface area contributed by atoms with Crippen molar-refractivity contribution in [3.63, 3.8) is 0 Å². The summed E-state index contributed by atoms with van der Waals surface area (Å²) < 4.78 is 7.01. The molecule has 0 saturated carbocycles. The Kier molecular flexibility index (Phi) is 3.71. The van der Waals surface area contributed by atoms with E-state index in [1.54, 1.807) is 18.0 Å². The molecule has 1 atom stereocenters. The van der Waals surface area contributed by atoms with Crippen molar-refractivity contribution in [3.05, 3.63) is 11.9 Å². The lowest BCUT2D eigenvalue weighted by Gasteiger charge is -2.25. The summed E-state index contributed by atoms with van der Waals surface area (Å²) in [5.41, 5.74) is 0.325. The third-order valence-electron chi connectivity index (χ3n) is 3.94. The van der Waals surface area contributed by atoms with Gasteiger partial charge in [-0.2, -0.15) is 5.10 Å². The summed E-state index contributed by atoms with van der Waals surface area (Å²) in [6, 6.07) is 0. The maximum atomic E-state index is 12.8. The van der Waals surface area contributed by atoms with Crippen LogP contribution in [0.5, 0.6) is 5.75 Å². The fourth-order valence-electron chi connectivity index (χ4n) is 2.64. The van der Waals surface area contributed by atoms with E-state index in [4.69, 9.17) is 4.74 Å². The summed E-state index contributed by atoms with van der Waals surface area (Å²) in [6.07, 6.45) is 3.36. The minimum Gasteiger partial charge on any atom is -0.493 e. The number of ketones is 1. The minimum atomic E-state index is -0.291. The number of carbonyl (C=O) groups is 1. The van der Waals surface area contributed by atoms with Gasteiger partial charge in [0.15, 0.2) is 11.5 Å². The zero-order valence-corrected chi connectivity index (χ0v) is 11.3. The molecule has 1 N–H and O–H groups in total. The summed E-state index contributed by atoms with van der Waals surface area (Å²) in [6.45, 7) is 6.39. The number of ether oxygens (including phenoxy) is 1. The zero-order valence-electron chi connectivity index (χ0n) is 11.3. The van der Waals surface area contributed by atoms with Gasteiger partial charge in [0.1, 0.15) is 5.69 Å². The average Bonchev–Trinajstić information content (AvgIpc) is 3.04. The van der Waals surface area contributed by atoms with Crippen LogP contribution in [0.1, 0.15) is 37.2 Å². The van der Waals surface area contributed by atoms with Gasteiger partial charge in [-0.15, -0.1) is 0 Å². The van der Waals surface area contributed by atoms with Gasteiger partial charge in [0, 0.05) is 18.5 Å². The molecule has 2 heterocycles. The Hall–Kier alpha value is -1.36. The fraction of sp³-hybridized carbons (Fsp3) is 0.692. The molecule has 0 amide bonds. The van der Waals surface area contributed by atoms with E-state index < -0.39 is 0 Å². The van der Waals surface area contributed by atoms with Crippen molar-refractivity contribution in [3.8, 4) is 5.75 Å². The molecule has 1 aromatic rings. The molecule has 1 unspecified atom stereocenters. The molecule has 2 rings (SSSR count). The maximum Gasteiger partial charge on any atom is 0.192 e. The van der Waals surface area contributed by atoms with Crippen molar-refractivity contribution in [2.75, 3.05) is 20.2 Å². The average molecular weight is 251 g/mol. The van der Waals surface area contributed by atoms with Gasteiger partial charge in [0.2, 0.25) is 0 Å². The predicted molar refractivity (Wildman–Crippen MR) is 69.0 cm³/mol. The van der Waals surface area contributed by atoms with E-state index in [1.807, 2.05) is 6.92 Å². The highest BCUT2D eigenvalue weighted by molar-refractivity contribution is 6.01. The monoisotopic (exact) mass is 251 g/mol. The van der Waals surface area contributed by atoms with Crippen LogP contribution in [0.25, 0.3) is 0 Å². The van der Waals surface area contributed by atoms with Crippen LogP contribution in [-0.4, -0.2) is 35.8 Å². The van der Waals surface area contributed by atoms with Crippen LogP contribution < -0.4 is 10.1 Å². The van der Waals surface area contributed by atoms with E-state index in [0.717, 1.165) is 25.9 Å². The number of nitrogens with zero attached hydrogens (tertiary/aromatic N) is 2. The molecule has 1 aliphatic heterocycles. The fourth-order valence-corrected chi connectivity index (χ4v) is 2.64. The van der Waals surface area contributed by atoms with Gasteiger partial charge in [0.05, 0.1) is 13.3 Å². The standard InChI is InChI=1S/C13H21N3O2/c1-4-13(6-7-14-9-13)12(17)11-10(18-3)8-15-16(11)5-2/h8,14H,4-7,9H2,1-3H3. The molecular weight excluding hydrogens is 230 g/mol. The summed E-state index contributed by atoms with van der Waals surface area (Å²) in [5.74, 6) is 0.743. The smallest absolute Gasteiger partial charge is 0.192 e. The van der Waals surface area contributed by atoms with Crippen molar-refractivity contribution >= 4 is 5.78 Å². The van der Waals surface area contributed by atoms with Crippen molar-refractivity contribution in [2.45, 2.75) is 33.2 Å². The summed E-state index contributed by atoms with van der Waals surface area (Å²) in [5, 5.41) is 7.50. The highest BCUT2D eigenvalue weighted by atomic mass is 16.5. The van der Waals surface area contributed by atoms with Gasteiger partial charge in [-0.25, -0.2) is 0 Å². The molecule has 0 spiro atoms. The molecule has 0 aromatic carbocycles. The van der Waals surface area contributed by atoms with E-state index >= 15 is 0 Å². The van der Waals surface area contributed by atoms with Crippen LogP contribution >= 0.6 is 0 Å². The van der Waals surface area contributed by atoms with Gasteiger partial charge in [-0.3, -0.25) is 9.48 Å². The molecule has 5 nitrogen and oxygen atoms in total. The molecule has 1 aliphatic rings. The first-order valence-corrected chi connectivity index (χ1v) is 6.54. The summed E-state index contributed by atoms with van der Waals surface area (Å²) in [4.78, 5) is 12.8. The molecule has 0 aliphatic carbocycles. The third-order valence-corrected chi connectivity index (χ3v) is 3.94. The van der Waals surface area contributed by atoms with Gasteiger partial charge in [-0.1, -0.05) is 6.92 Å². The molecular formula is C13H21N3O2. The van der Waals surface area contributed by atoms with Gasteiger partial charge >= 0.3 is 0 Å². The highest BCUT2D eigenvalue weighted by Gasteiger charge is 2.42. The predicted octanol–water partition coefficient (Wildman–Crippen LogP) is 1.48. The Labute approximate surface area is 108 Å². The minimum absolute atomic E-state index is 0.159. The number of nitrogens with one attached hydrogen (secondary N) is 1. The lowest BCUT2D eigenvalue weighted by Crippen LogP contribution is -2.34. The van der Waals surface area contributed by atoms with Gasteiger partial charge < -0.3 is 10.1 Å². The number of aryl methyl sites for hydroxylation is 1. The van der Waals surface area contributed by atoms with Crippen LogP contribution in [0.2, 0.25) is 0 Å². The maximum absolute atomic E-state index is 12.8. The van der Waals surface area contributed by atoms with Crippen LogP contribution in [0.15, 0.2) is 6.20 Å². The first-order valence-electron chi connectivity index (χ1n) is 6.54. The quantitative estimate of drug-likeness (QED) is 0.805. The Bertz CT molecular complexity index is 412. The topological polar surface area (TPSA) is 56.2 Å². The molecule has 1 fully saturated rings. The van der Waals surface area contributed by atoms with Crippen molar-refractivity contribution < 1.29 is 9.53 Å². The summed E-state index contributed by atoms with van der Waals surface area (Å²) in [7, 11) is 1.58. The second-order valence-corrected chi connectivity index (χ2v) is 4.77. The van der Waals surface area contributed by atoms with E-state index in [2.05, 4.69) is 17.3 Å². The van der Waals surface area contributed by atoms with Crippen LogP contribution in [0.4, 0.5) is 0 Å². The van der Waals surface area contributed by atoms with E-state index in [1.165, 1.54) is 0 Å². The largest absolute Gasteiger partial charge is 0.493 e. The van der Waals surface area contributed by atoms with E-state index in [0.29, 0.717) is 18.0 Å². The number of hydrogen-bond donors (Lipinski definition) is 1. The SMILES string of the molecule is CCn1ncc(OC)c1C(=O)C1(CC)CCNC1. The molecule has 1 saturated heterocycles. The van der Waals surface area contributed by atoms with Crippen molar-refractivity contribution in [1.29, 1.82) is 0 Å². The number of rotatable bonds is 5. The number of aromatic nitrogens is 2. The Balaban J connectivity index is 2.41. The van der Waals surface area contributed by atoms with Crippen LogP contribution in [0.3, 0.4) is 0 Å². The van der Waals surface area contributed by atoms with Crippen LogP contribution in [0, 0.1) is 5.41 Å². The van der Waals surface area contributed by atoms with E-state index in [9.17, 15) is 4.79 Å². The number of Topliss-reactive ketones (excluding diaryl/α,β-unsaturated/α-hetero) is 1. The zero-order chi connectivity index (χ0) is 13.2. The molecule has 100 valence electrons. The lowest BCUT2D eigenvalue weighted by atomic mass is 9.78. The van der Waals surface area contributed by atoms with Gasteiger partial charge in [-0.05, 0) is 26.3 Å². The molecule has 18 heavy (non-hydrogen) atoms. The number of carbonyl (C=O) groups excluding carboxylic acids is 1. The first kappa shape index (κ1) is 13.1.